The van der Waals surface area contributed by atoms with Crippen LogP contribution in [0.1, 0.15) is 42.4 Å². The molecule has 18 heavy (non-hydrogen) atoms. The van der Waals surface area contributed by atoms with E-state index >= 15 is 0 Å². The third-order valence-electron chi connectivity index (χ3n) is 3.28. The highest BCUT2D eigenvalue weighted by atomic mass is 16.4. The molecule has 1 aliphatic rings. The van der Waals surface area contributed by atoms with Crippen molar-refractivity contribution in [3.05, 3.63) is 17.5 Å². The van der Waals surface area contributed by atoms with Gasteiger partial charge in [-0.25, -0.2) is 4.79 Å². The Labute approximate surface area is 105 Å². The summed E-state index contributed by atoms with van der Waals surface area (Å²) in [6, 6.07) is 0.976. The fourth-order valence-corrected chi connectivity index (χ4v) is 2.23. The number of nitrogens with one attached hydrogen (secondary N) is 1. The number of aryl methyl sites for hydroxylation is 1. The number of carboxylic acid groups (broad SMARTS) is 1. The Bertz CT molecular complexity index is 455. The molecule has 2 heterocycles. The average Bonchev–Trinajstić information content (AvgIpc) is 2.86. The molecular formula is C12H17N3O3. The molecule has 6 nitrogen and oxygen atoms in total. The van der Waals surface area contributed by atoms with Gasteiger partial charge in [0.2, 0.25) is 0 Å². The normalized spacial score (nSPS) is 19.8. The third-order valence-corrected chi connectivity index (χ3v) is 3.28. The molecule has 2 rings (SSSR count). The van der Waals surface area contributed by atoms with Gasteiger partial charge in [-0.2, -0.15) is 5.10 Å². The summed E-state index contributed by atoms with van der Waals surface area (Å²) in [5, 5.41) is 15.9. The maximum absolute atomic E-state index is 12.2. The minimum absolute atomic E-state index is 0.293. The van der Waals surface area contributed by atoms with Crippen LogP contribution in [0.4, 0.5) is 0 Å². The van der Waals surface area contributed by atoms with Crippen molar-refractivity contribution in [3.8, 4) is 0 Å². The van der Waals surface area contributed by atoms with E-state index < -0.39 is 12.0 Å². The first-order valence-electron chi connectivity index (χ1n) is 6.21. The minimum atomic E-state index is -0.936. The molecule has 1 aromatic rings. The summed E-state index contributed by atoms with van der Waals surface area (Å²) in [5.41, 5.74) is 1.18. The second-order valence-electron chi connectivity index (χ2n) is 4.48. The third kappa shape index (κ3) is 2.37. The lowest BCUT2D eigenvalue weighted by molar-refractivity contribution is -0.143. The number of H-pyrrole nitrogens is 1. The van der Waals surface area contributed by atoms with E-state index in [4.69, 9.17) is 5.11 Å². The van der Waals surface area contributed by atoms with Gasteiger partial charge in [0.25, 0.3) is 5.91 Å². The molecule has 0 spiro atoms. The van der Waals surface area contributed by atoms with Crippen molar-refractivity contribution in [2.75, 3.05) is 6.54 Å². The van der Waals surface area contributed by atoms with E-state index in [-0.39, 0.29) is 5.91 Å². The van der Waals surface area contributed by atoms with Crippen molar-refractivity contribution in [2.24, 2.45) is 0 Å². The maximum atomic E-state index is 12.2. The largest absolute Gasteiger partial charge is 0.480 e. The Kier molecular flexibility index (Phi) is 3.64. The van der Waals surface area contributed by atoms with E-state index in [1.165, 1.54) is 4.90 Å². The molecule has 0 radical (unpaired) electrons. The highest BCUT2D eigenvalue weighted by Gasteiger charge is 2.33. The van der Waals surface area contributed by atoms with Gasteiger partial charge >= 0.3 is 5.97 Å². The number of carbonyl (C=O) groups excluding carboxylic acids is 1. The molecule has 1 aromatic heterocycles. The molecule has 1 fully saturated rings. The first kappa shape index (κ1) is 12.6. The summed E-state index contributed by atoms with van der Waals surface area (Å²) >= 11 is 0. The monoisotopic (exact) mass is 251 g/mol. The summed E-state index contributed by atoms with van der Waals surface area (Å²) in [6.07, 6.45) is 2.98. The van der Waals surface area contributed by atoms with Gasteiger partial charge in [0.15, 0.2) is 0 Å². The smallest absolute Gasteiger partial charge is 0.326 e. The Morgan fingerprint density at radius 1 is 1.56 bits per heavy atom. The Hall–Kier alpha value is -1.85. The zero-order chi connectivity index (χ0) is 13.1. The number of carboxylic acids is 1. The van der Waals surface area contributed by atoms with Gasteiger partial charge in [-0.1, -0.05) is 6.92 Å². The lowest BCUT2D eigenvalue weighted by Crippen LogP contribution is -2.48. The van der Waals surface area contributed by atoms with Crippen molar-refractivity contribution in [2.45, 2.75) is 38.6 Å². The summed E-state index contributed by atoms with van der Waals surface area (Å²) in [7, 11) is 0. The van der Waals surface area contributed by atoms with Gasteiger partial charge in [0.1, 0.15) is 11.7 Å². The van der Waals surface area contributed by atoms with E-state index in [0.717, 1.165) is 25.0 Å². The highest BCUT2D eigenvalue weighted by Crippen LogP contribution is 2.19. The van der Waals surface area contributed by atoms with E-state index in [2.05, 4.69) is 10.2 Å². The molecule has 0 bridgehead atoms. The van der Waals surface area contributed by atoms with Crippen LogP contribution in [-0.4, -0.2) is 44.7 Å². The van der Waals surface area contributed by atoms with Crippen LogP contribution < -0.4 is 0 Å². The molecule has 2 N–H and O–H groups in total. The van der Waals surface area contributed by atoms with Crippen LogP contribution in [0.25, 0.3) is 0 Å². The lowest BCUT2D eigenvalue weighted by Gasteiger charge is -2.32. The quantitative estimate of drug-likeness (QED) is 0.840. The molecule has 0 saturated carbocycles. The molecular weight excluding hydrogens is 234 g/mol. The molecule has 98 valence electrons. The van der Waals surface area contributed by atoms with Crippen LogP contribution in [0.15, 0.2) is 6.07 Å². The number of hydrogen-bond acceptors (Lipinski definition) is 3. The molecule has 0 aliphatic carbocycles. The first-order chi connectivity index (χ1) is 8.63. The summed E-state index contributed by atoms with van der Waals surface area (Å²) < 4.78 is 0. The lowest BCUT2D eigenvalue weighted by atomic mass is 10.0. The molecule has 1 saturated heterocycles. The predicted molar refractivity (Wildman–Crippen MR) is 64.3 cm³/mol. The molecule has 1 aliphatic heterocycles. The average molecular weight is 251 g/mol. The number of aliphatic carboxylic acids is 1. The molecule has 1 amide bonds. The number of hydrogen-bond donors (Lipinski definition) is 2. The van der Waals surface area contributed by atoms with Crippen LogP contribution in [0, 0.1) is 0 Å². The van der Waals surface area contributed by atoms with Gasteiger partial charge < -0.3 is 10.0 Å². The fourth-order valence-electron chi connectivity index (χ4n) is 2.23. The number of likely N-dealkylation sites (tertiary alicyclic amines) is 1. The summed E-state index contributed by atoms with van der Waals surface area (Å²) in [4.78, 5) is 24.8. The zero-order valence-electron chi connectivity index (χ0n) is 10.3. The van der Waals surface area contributed by atoms with Gasteiger partial charge in [-0.15, -0.1) is 0 Å². The summed E-state index contributed by atoms with van der Waals surface area (Å²) in [5.74, 6) is -1.23. The van der Waals surface area contributed by atoms with Crippen LogP contribution >= 0.6 is 0 Å². The number of carbonyl (C=O) groups is 2. The Morgan fingerprint density at radius 2 is 2.33 bits per heavy atom. The van der Waals surface area contributed by atoms with Crippen LogP contribution in [0.3, 0.4) is 0 Å². The van der Waals surface area contributed by atoms with E-state index in [1.807, 2.05) is 6.92 Å². The second-order valence-corrected chi connectivity index (χ2v) is 4.48. The fraction of sp³-hybridized carbons (Fsp3) is 0.583. The molecule has 6 heteroatoms. The van der Waals surface area contributed by atoms with E-state index in [0.29, 0.717) is 18.7 Å². The zero-order valence-corrected chi connectivity index (χ0v) is 10.3. The van der Waals surface area contributed by atoms with Crippen LogP contribution in [-0.2, 0) is 11.2 Å². The Balaban J connectivity index is 2.17. The summed E-state index contributed by atoms with van der Waals surface area (Å²) in [6.45, 7) is 2.45. The number of rotatable bonds is 3. The van der Waals surface area contributed by atoms with E-state index in [9.17, 15) is 9.59 Å². The predicted octanol–water partition coefficient (Wildman–Crippen LogP) is 1.05. The van der Waals surface area contributed by atoms with E-state index in [1.54, 1.807) is 6.07 Å². The first-order valence-corrected chi connectivity index (χ1v) is 6.21. The van der Waals surface area contributed by atoms with Crippen LogP contribution in [0.5, 0.6) is 0 Å². The minimum Gasteiger partial charge on any atom is -0.480 e. The molecule has 0 aromatic carbocycles. The standard InChI is InChI=1S/C12H17N3O3/c1-2-8-7-9(14-13-8)11(16)15-6-4-3-5-10(15)12(17)18/h7,10H,2-6H2,1H3,(H,13,14)(H,17,18)/t10-/m1/s1. The molecule has 1 atom stereocenters. The topological polar surface area (TPSA) is 86.3 Å². The number of amides is 1. The number of aromatic amines is 1. The van der Waals surface area contributed by atoms with Crippen molar-refractivity contribution in [1.82, 2.24) is 15.1 Å². The highest BCUT2D eigenvalue weighted by molar-refractivity contribution is 5.95. The Morgan fingerprint density at radius 3 is 2.94 bits per heavy atom. The number of piperidine rings is 1. The number of nitrogens with zero attached hydrogens (tertiary/aromatic N) is 2. The van der Waals surface area contributed by atoms with Gasteiger partial charge in [0, 0.05) is 12.2 Å². The van der Waals surface area contributed by atoms with Crippen molar-refractivity contribution in [1.29, 1.82) is 0 Å². The van der Waals surface area contributed by atoms with Gasteiger partial charge in [-0.3, -0.25) is 9.89 Å². The second kappa shape index (κ2) is 5.20. The van der Waals surface area contributed by atoms with Gasteiger partial charge in [0.05, 0.1) is 0 Å². The molecule has 0 unspecified atom stereocenters. The SMILES string of the molecule is CCc1cc(C(=O)N2CCCC[C@@H]2C(=O)O)n[nH]1. The van der Waals surface area contributed by atoms with Crippen molar-refractivity contribution >= 4 is 11.9 Å². The van der Waals surface area contributed by atoms with Crippen LogP contribution in [0.2, 0.25) is 0 Å². The van der Waals surface area contributed by atoms with Gasteiger partial charge in [-0.05, 0) is 31.7 Å². The van der Waals surface area contributed by atoms with Crippen molar-refractivity contribution in [3.63, 3.8) is 0 Å². The number of aromatic nitrogens is 2. The maximum Gasteiger partial charge on any atom is 0.326 e. The van der Waals surface area contributed by atoms with Crippen molar-refractivity contribution < 1.29 is 14.7 Å².